The van der Waals surface area contributed by atoms with E-state index < -0.39 is 11.7 Å². The van der Waals surface area contributed by atoms with Gasteiger partial charge in [-0.3, -0.25) is 0 Å². The van der Waals surface area contributed by atoms with E-state index in [1.807, 2.05) is 52.1 Å². The summed E-state index contributed by atoms with van der Waals surface area (Å²) in [5.41, 5.74) is 0.298. The van der Waals surface area contributed by atoms with Crippen molar-refractivity contribution >= 4 is 16.9 Å². The van der Waals surface area contributed by atoms with E-state index in [4.69, 9.17) is 14.2 Å². The number of rotatable bonds is 11. The Kier molecular flexibility index (Phi) is 9.59. The van der Waals surface area contributed by atoms with Crippen molar-refractivity contribution in [3.05, 3.63) is 42.7 Å². The number of hydrogen-bond donors (Lipinski definition) is 1. The molecule has 0 aliphatic heterocycles. The molecule has 7 heteroatoms. The number of amides is 1. The summed E-state index contributed by atoms with van der Waals surface area (Å²) in [6.45, 7) is 17.4. The molecule has 0 saturated heterocycles. The number of fused-ring (bicyclic) bond motifs is 1. The number of benzene rings is 1. The normalized spacial score (nSPS) is 14.1. The number of carbonyl (C=O) groups excluding carboxylic acids is 1. The Balaban J connectivity index is 2.00. The predicted molar refractivity (Wildman–Crippen MR) is 137 cm³/mol. The van der Waals surface area contributed by atoms with Crippen LogP contribution in [0.5, 0.6) is 11.6 Å². The number of pyridine rings is 1. The number of ether oxygens (including phenoxy) is 3. The molecule has 2 rings (SSSR count). The highest BCUT2D eigenvalue weighted by Crippen LogP contribution is 2.27. The van der Waals surface area contributed by atoms with Crippen LogP contribution in [0.15, 0.2) is 42.7 Å². The molecule has 1 aromatic heterocycles. The molecule has 2 aromatic rings. The predicted octanol–water partition coefficient (Wildman–Crippen LogP) is 5.64. The number of likely N-dealkylation sites (N-methyl/N-ethyl adjacent to an activating group) is 1. The summed E-state index contributed by atoms with van der Waals surface area (Å²) < 4.78 is 16.9. The summed E-state index contributed by atoms with van der Waals surface area (Å²) in [7, 11) is 3.65. The highest BCUT2D eigenvalue weighted by atomic mass is 16.6. The Morgan fingerprint density at radius 2 is 1.94 bits per heavy atom. The van der Waals surface area contributed by atoms with E-state index in [0.29, 0.717) is 12.5 Å². The first-order valence-corrected chi connectivity index (χ1v) is 11.9. The first kappa shape index (κ1) is 27.3. The van der Waals surface area contributed by atoms with Crippen molar-refractivity contribution in [2.24, 2.45) is 11.8 Å². The SMILES string of the molecule is C=C(C(NC(=O)OC(C)(C)C)C(C)CC)N(C)CC(C)COc1nccc2cc(OC)ccc12. The Morgan fingerprint density at radius 3 is 2.56 bits per heavy atom. The lowest BCUT2D eigenvalue weighted by molar-refractivity contribution is 0.0489. The molecular formula is C27H41N3O4. The minimum Gasteiger partial charge on any atom is -0.497 e. The number of methoxy groups -OCH3 is 1. The number of nitrogens with one attached hydrogen (secondary N) is 1. The van der Waals surface area contributed by atoms with Crippen LogP contribution in [0.3, 0.4) is 0 Å². The molecular weight excluding hydrogens is 430 g/mol. The highest BCUT2D eigenvalue weighted by molar-refractivity contribution is 5.87. The lowest BCUT2D eigenvalue weighted by Crippen LogP contribution is -2.47. The fourth-order valence-electron chi connectivity index (χ4n) is 3.69. The van der Waals surface area contributed by atoms with Crippen LogP contribution in [0.25, 0.3) is 10.8 Å². The molecule has 0 bridgehead atoms. The lowest BCUT2D eigenvalue weighted by atomic mass is 9.96. The van der Waals surface area contributed by atoms with Crippen molar-refractivity contribution in [2.45, 2.75) is 59.6 Å². The third kappa shape index (κ3) is 7.82. The summed E-state index contributed by atoms with van der Waals surface area (Å²) in [4.78, 5) is 18.9. The molecule has 188 valence electrons. The van der Waals surface area contributed by atoms with Gasteiger partial charge in [-0.1, -0.05) is 33.8 Å². The topological polar surface area (TPSA) is 72.9 Å². The average Bonchev–Trinajstić information content (AvgIpc) is 2.78. The number of alkyl carbamates (subject to hydrolysis) is 1. The second-order valence-electron chi connectivity index (χ2n) is 10.0. The van der Waals surface area contributed by atoms with Crippen molar-refractivity contribution in [3.63, 3.8) is 0 Å². The molecule has 34 heavy (non-hydrogen) atoms. The molecule has 1 N–H and O–H groups in total. The Hall–Kier alpha value is -2.96. The van der Waals surface area contributed by atoms with E-state index in [1.165, 1.54) is 0 Å². The van der Waals surface area contributed by atoms with Gasteiger partial charge in [0.1, 0.15) is 11.4 Å². The Morgan fingerprint density at radius 1 is 1.24 bits per heavy atom. The van der Waals surface area contributed by atoms with Gasteiger partial charge in [0.05, 0.1) is 19.8 Å². The molecule has 0 aliphatic carbocycles. The summed E-state index contributed by atoms with van der Waals surface area (Å²) in [6.07, 6.45) is 2.22. The quantitative estimate of drug-likeness (QED) is 0.457. The van der Waals surface area contributed by atoms with Crippen molar-refractivity contribution < 1.29 is 19.0 Å². The largest absolute Gasteiger partial charge is 0.497 e. The maximum absolute atomic E-state index is 12.4. The number of nitrogens with zero attached hydrogens (tertiary/aromatic N) is 2. The van der Waals surface area contributed by atoms with Crippen LogP contribution >= 0.6 is 0 Å². The molecule has 3 atom stereocenters. The van der Waals surface area contributed by atoms with E-state index in [1.54, 1.807) is 13.3 Å². The zero-order valence-electron chi connectivity index (χ0n) is 22.0. The second-order valence-corrected chi connectivity index (χ2v) is 10.0. The van der Waals surface area contributed by atoms with Crippen LogP contribution in [-0.4, -0.2) is 54.9 Å². The van der Waals surface area contributed by atoms with Gasteiger partial charge >= 0.3 is 6.09 Å². The molecule has 0 aliphatic rings. The highest BCUT2D eigenvalue weighted by Gasteiger charge is 2.27. The molecule has 1 amide bonds. The minimum absolute atomic E-state index is 0.205. The van der Waals surface area contributed by atoms with Gasteiger partial charge in [-0.25, -0.2) is 9.78 Å². The molecule has 0 spiro atoms. The smallest absolute Gasteiger partial charge is 0.408 e. The van der Waals surface area contributed by atoms with Gasteiger partial charge in [-0.05, 0) is 56.3 Å². The lowest BCUT2D eigenvalue weighted by Gasteiger charge is -2.34. The van der Waals surface area contributed by atoms with E-state index in [0.717, 1.165) is 35.2 Å². The summed E-state index contributed by atoms with van der Waals surface area (Å²) in [5, 5.41) is 4.98. The van der Waals surface area contributed by atoms with Gasteiger partial charge in [-0.15, -0.1) is 0 Å². The second kappa shape index (κ2) is 12.0. The van der Waals surface area contributed by atoms with Crippen molar-refractivity contribution in [1.29, 1.82) is 0 Å². The monoisotopic (exact) mass is 471 g/mol. The van der Waals surface area contributed by atoms with Crippen LogP contribution in [0.1, 0.15) is 48.0 Å². The van der Waals surface area contributed by atoms with Crippen LogP contribution < -0.4 is 14.8 Å². The molecule has 0 radical (unpaired) electrons. The minimum atomic E-state index is -0.552. The molecule has 7 nitrogen and oxygen atoms in total. The maximum Gasteiger partial charge on any atom is 0.408 e. The maximum atomic E-state index is 12.4. The average molecular weight is 472 g/mol. The first-order chi connectivity index (χ1) is 15.9. The zero-order valence-corrected chi connectivity index (χ0v) is 22.0. The zero-order chi connectivity index (χ0) is 25.5. The molecule has 0 fully saturated rings. The van der Waals surface area contributed by atoms with E-state index in [-0.39, 0.29) is 17.9 Å². The molecule has 1 heterocycles. The van der Waals surface area contributed by atoms with Crippen molar-refractivity contribution in [3.8, 4) is 11.6 Å². The van der Waals surface area contributed by atoms with Gasteiger partial charge < -0.3 is 24.4 Å². The van der Waals surface area contributed by atoms with Gasteiger partial charge in [0.2, 0.25) is 5.88 Å². The van der Waals surface area contributed by atoms with Crippen LogP contribution in [0.2, 0.25) is 0 Å². The summed E-state index contributed by atoms with van der Waals surface area (Å²) in [5.74, 6) is 1.83. The standard InChI is InChI=1S/C27H41N3O4/c1-10-19(3)24(29-26(31)34-27(5,6)7)20(4)30(8)16-18(2)17-33-25-23-12-11-22(32-9)15-21(23)13-14-28-25/h11-15,18-19,24H,4,10,16-17H2,1-3,5-9H3,(H,29,31). The van der Waals surface area contributed by atoms with Crippen LogP contribution in [0, 0.1) is 11.8 Å². The fraction of sp³-hybridized carbons (Fsp3) is 0.556. The van der Waals surface area contributed by atoms with Crippen LogP contribution in [0.4, 0.5) is 4.79 Å². The molecule has 0 saturated carbocycles. The van der Waals surface area contributed by atoms with E-state index in [9.17, 15) is 4.79 Å². The van der Waals surface area contributed by atoms with Crippen molar-refractivity contribution in [1.82, 2.24) is 15.2 Å². The number of aromatic nitrogens is 1. The third-order valence-electron chi connectivity index (χ3n) is 5.76. The van der Waals surface area contributed by atoms with Crippen molar-refractivity contribution in [2.75, 3.05) is 27.3 Å². The van der Waals surface area contributed by atoms with Gasteiger partial charge in [0.15, 0.2) is 0 Å². The van der Waals surface area contributed by atoms with Gasteiger partial charge in [-0.2, -0.15) is 0 Å². The summed E-state index contributed by atoms with van der Waals surface area (Å²) >= 11 is 0. The van der Waals surface area contributed by atoms with E-state index >= 15 is 0 Å². The third-order valence-corrected chi connectivity index (χ3v) is 5.76. The van der Waals surface area contributed by atoms with E-state index in [2.05, 4.69) is 42.6 Å². The first-order valence-electron chi connectivity index (χ1n) is 11.9. The van der Waals surface area contributed by atoms with Gasteiger partial charge in [0, 0.05) is 36.8 Å². The van der Waals surface area contributed by atoms with Gasteiger partial charge in [0.25, 0.3) is 0 Å². The molecule has 1 aromatic carbocycles. The summed E-state index contributed by atoms with van der Waals surface area (Å²) in [6, 6.07) is 7.57. The number of hydrogen-bond acceptors (Lipinski definition) is 6. The fourth-order valence-corrected chi connectivity index (χ4v) is 3.69. The molecule has 3 unspecified atom stereocenters. The number of carbonyl (C=O) groups is 1. The Bertz CT molecular complexity index is 970. The van der Waals surface area contributed by atoms with Crippen LogP contribution in [-0.2, 0) is 4.74 Å². The Labute approximate surface area is 204 Å².